The lowest BCUT2D eigenvalue weighted by Gasteiger charge is -2.22. The predicted molar refractivity (Wildman–Crippen MR) is 101 cm³/mol. The van der Waals surface area contributed by atoms with E-state index in [9.17, 15) is 18.0 Å². The SMILES string of the molecule is COc1cc(/C=C/C(=O)N(Cc2ccsc2)CC(F)(F)F)cc(OC)c1OC. The fourth-order valence-electron chi connectivity index (χ4n) is 2.50. The van der Waals surface area contributed by atoms with E-state index >= 15 is 0 Å². The van der Waals surface area contributed by atoms with Crippen LogP contribution in [0, 0.1) is 0 Å². The van der Waals surface area contributed by atoms with Crippen LogP contribution in [0.3, 0.4) is 0 Å². The molecular formula is C19H20F3NO4S. The van der Waals surface area contributed by atoms with Gasteiger partial charge >= 0.3 is 6.18 Å². The average molecular weight is 415 g/mol. The maximum atomic E-state index is 12.9. The Labute approximate surface area is 164 Å². The Kier molecular flexibility index (Phi) is 7.33. The van der Waals surface area contributed by atoms with E-state index in [1.54, 1.807) is 29.0 Å². The van der Waals surface area contributed by atoms with Gasteiger partial charge in [0.05, 0.1) is 21.3 Å². The van der Waals surface area contributed by atoms with Crippen molar-refractivity contribution in [2.24, 2.45) is 0 Å². The van der Waals surface area contributed by atoms with Gasteiger partial charge in [-0.1, -0.05) is 0 Å². The molecule has 9 heteroatoms. The Bertz CT molecular complexity index is 794. The van der Waals surface area contributed by atoms with E-state index in [-0.39, 0.29) is 6.54 Å². The first-order chi connectivity index (χ1) is 13.3. The van der Waals surface area contributed by atoms with E-state index in [4.69, 9.17) is 14.2 Å². The van der Waals surface area contributed by atoms with Gasteiger partial charge in [0.25, 0.3) is 0 Å². The highest BCUT2D eigenvalue weighted by atomic mass is 32.1. The fourth-order valence-corrected chi connectivity index (χ4v) is 3.16. The largest absolute Gasteiger partial charge is 0.493 e. The van der Waals surface area contributed by atoms with Crippen molar-refractivity contribution in [1.29, 1.82) is 0 Å². The van der Waals surface area contributed by atoms with Crippen molar-refractivity contribution in [2.75, 3.05) is 27.9 Å². The van der Waals surface area contributed by atoms with Gasteiger partial charge in [0.15, 0.2) is 11.5 Å². The predicted octanol–water partition coefficient (Wildman–Crippen LogP) is 4.38. The monoisotopic (exact) mass is 415 g/mol. The first kappa shape index (κ1) is 21.6. The Morgan fingerprint density at radius 2 is 1.79 bits per heavy atom. The molecule has 1 aromatic carbocycles. The van der Waals surface area contributed by atoms with Crippen molar-refractivity contribution in [2.45, 2.75) is 12.7 Å². The van der Waals surface area contributed by atoms with Gasteiger partial charge in [0.2, 0.25) is 11.7 Å². The molecule has 0 N–H and O–H groups in total. The molecule has 152 valence electrons. The number of thiophene rings is 1. The van der Waals surface area contributed by atoms with Crippen LogP contribution in [0.15, 0.2) is 35.0 Å². The first-order valence-corrected chi connectivity index (χ1v) is 9.06. The van der Waals surface area contributed by atoms with E-state index in [1.165, 1.54) is 38.7 Å². The summed E-state index contributed by atoms with van der Waals surface area (Å²) in [5.74, 6) is 0.376. The third kappa shape index (κ3) is 5.91. The number of alkyl halides is 3. The van der Waals surface area contributed by atoms with Crippen LogP contribution in [0.5, 0.6) is 17.2 Å². The first-order valence-electron chi connectivity index (χ1n) is 8.12. The molecule has 0 fully saturated rings. The molecule has 2 rings (SSSR count). The Balaban J connectivity index is 2.25. The van der Waals surface area contributed by atoms with Crippen molar-refractivity contribution in [3.8, 4) is 17.2 Å². The Morgan fingerprint density at radius 1 is 1.14 bits per heavy atom. The molecule has 28 heavy (non-hydrogen) atoms. The molecular weight excluding hydrogens is 395 g/mol. The topological polar surface area (TPSA) is 48.0 Å². The van der Waals surface area contributed by atoms with Crippen molar-refractivity contribution in [3.05, 3.63) is 46.2 Å². The zero-order valence-electron chi connectivity index (χ0n) is 15.6. The Morgan fingerprint density at radius 3 is 2.25 bits per heavy atom. The summed E-state index contributed by atoms with van der Waals surface area (Å²) in [7, 11) is 4.35. The molecule has 2 aromatic rings. The fraction of sp³-hybridized carbons (Fsp3) is 0.316. The van der Waals surface area contributed by atoms with Gasteiger partial charge in [0.1, 0.15) is 6.54 Å². The van der Waals surface area contributed by atoms with Crippen LogP contribution in [0.4, 0.5) is 13.2 Å². The van der Waals surface area contributed by atoms with Gasteiger partial charge in [-0.2, -0.15) is 24.5 Å². The van der Waals surface area contributed by atoms with Gasteiger partial charge in [-0.15, -0.1) is 0 Å². The lowest BCUT2D eigenvalue weighted by Crippen LogP contribution is -2.37. The zero-order chi connectivity index (χ0) is 20.7. The molecule has 0 aliphatic carbocycles. The number of halogens is 3. The van der Waals surface area contributed by atoms with Crippen molar-refractivity contribution in [3.63, 3.8) is 0 Å². The van der Waals surface area contributed by atoms with Gasteiger partial charge in [-0.3, -0.25) is 4.79 Å². The maximum absolute atomic E-state index is 12.9. The van der Waals surface area contributed by atoms with E-state index in [2.05, 4.69) is 0 Å². The molecule has 0 spiro atoms. The van der Waals surface area contributed by atoms with E-state index < -0.39 is 18.6 Å². The van der Waals surface area contributed by atoms with E-state index in [1.807, 2.05) is 0 Å². The van der Waals surface area contributed by atoms with Gasteiger partial charge in [0, 0.05) is 12.6 Å². The number of ether oxygens (including phenoxy) is 3. The highest BCUT2D eigenvalue weighted by Gasteiger charge is 2.32. The minimum absolute atomic E-state index is 0.124. The van der Waals surface area contributed by atoms with Crippen LogP contribution in [-0.2, 0) is 11.3 Å². The van der Waals surface area contributed by atoms with Crippen LogP contribution in [0.2, 0.25) is 0 Å². The Hall–Kier alpha value is -2.68. The number of amides is 1. The molecule has 0 saturated heterocycles. The summed E-state index contributed by atoms with van der Waals surface area (Å²) in [4.78, 5) is 13.2. The number of rotatable bonds is 8. The molecule has 1 amide bonds. The molecule has 0 bridgehead atoms. The lowest BCUT2D eigenvalue weighted by molar-refractivity contribution is -0.159. The number of hydrogen-bond acceptors (Lipinski definition) is 5. The van der Waals surface area contributed by atoms with Gasteiger partial charge < -0.3 is 19.1 Å². The molecule has 1 heterocycles. The summed E-state index contributed by atoms with van der Waals surface area (Å²) in [5, 5.41) is 3.46. The zero-order valence-corrected chi connectivity index (χ0v) is 16.4. The molecule has 1 aromatic heterocycles. The molecule has 0 atom stereocenters. The van der Waals surface area contributed by atoms with Crippen LogP contribution >= 0.6 is 11.3 Å². The maximum Gasteiger partial charge on any atom is 0.406 e. The number of methoxy groups -OCH3 is 3. The highest BCUT2D eigenvalue weighted by Crippen LogP contribution is 2.38. The van der Waals surface area contributed by atoms with E-state index in [0.717, 1.165) is 11.0 Å². The second kappa shape index (κ2) is 9.50. The lowest BCUT2D eigenvalue weighted by atomic mass is 10.1. The minimum Gasteiger partial charge on any atom is -0.493 e. The molecule has 0 unspecified atom stereocenters. The molecule has 5 nitrogen and oxygen atoms in total. The highest BCUT2D eigenvalue weighted by molar-refractivity contribution is 7.07. The minimum atomic E-state index is -4.49. The smallest absolute Gasteiger partial charge is 0.406 e. The summed E-state index contributed by atoms with van der Waals surface area (Å²) in [6.45, 7) is -1.46. The number of nitrogens with zero attached hydrogens (tertiary/aromatic N) is 1. The van der Waals surface area contributed by atoms with Gasteiger partial charge in [-0.05, 0) is 46.2 Å². The summed E-state index contributed by atoms with van der Waals surface area (Å²) in [5.41, 5.74) is 1.16. The standard InChI is InChI=1S/C19H20F3NO4S/c1-25-15-8-13(9-16(26-2)18(15)27-3)4-5-17(24)23(12-19(20,21)22)10-14-6-7-28-11-14/h4-9,11H,10,12H2,1-3H3/b5-4+. The van der Waals surface area contributed by atoms with Crippen LogP contribution in [0.25, 0.3) is 6.08 Å². The third-order valence-corrected chi connectivity index (χ3v) is 4.47. The van der Waals surface area contributed by atoms with Crippen molar-refractivity contribution >= 4 is 23.3 Å². The molecule has 0 saturated carbocycles. The third-order valence-electron chi connectivity index (χ3n) is 3.74. The van der Waals surface area contributed by atoms with Crippen LogP contribution in [0.1, 0.15) is 11.1 Å². The van der Waals surface area contributed by atoms with Crippen molar-refractivity contribution in [1.82, 2.24) is 4.90 Å². The van der Waals surface area contributed by atoms with Crippen LogP contribution < -0.4 is 14.2 Å². The molecule has 0 aliphatic rings. The van der Waals surface area contributed by atoms with Crippen molar-refractivity contribution < 1.29 is 32.2 Å². The number of carbonyl (C=O) groups is 1. The number of hydrogen-bond donors (Lipinski definition) is 0. The van der Waals surface area contributed by atoms with Gasteiger partial charge in [-0.25, -0.2) is 0 Å². The van der Waals surface area contributed by atoms with E-state index in [0.29, 0.717) is 28.4 Å². The molecule has 0 radical (unpaired) electrons. The average Bonchev–Trinajstić information content (AvgIpc) is 3.16. The summed E-state index contributed by atoms with van der Waals surface area (Å²) < 4.78 is 54.3. The van der Waals surface area contributed by atoms with Crippen LogP contribution in [-0.4, -0.2) is 44.9 Å². The summed E-state index contributed by atoms with van der Waals surface area (Å²) in [6.07, 6.45) is -1.99. The second-order valence-electron chi connectivity index (χ2n) is 5.73. The number of benzene rings is 1. The number of carbonyl (C=O) groups excluding carboxylic acids is 1. The summed E-state index contributed by atoms with van der Waals surface area (Å²) >= 11 is 1.36. The molecule has 0 aliphatic heterocycles. The quantitative estimate of drug-likeness (QED) is 0.601. The normalized spacial score (nSPS) is 11.5. The summed E-state index contributed by atoms with van der Waals surface area (Å²) in [6, 6.07) is 4.88. The second-order valence-corrected chi connectivity index (χ2v) is 6.51.